The van der Waals surface area contributed by atoms with E-state index >= 15 is 0 Å². The topological polar surface area (TPSA) is 69.6 Å². The second-order valence-corrected chi connectivity index (χ2v) is 8.73. The highest BCUT2D eigenvalue weighted by molar-refractivity contribution is 7.98. The molecule has 0 spiro atoms. The molecule has 0 atom stereocenters. The second-order valence-electron chi connectivity index (χ2n) is 7.79. The summed E-state index contributed by atoms with van der Waals surface area (Å²) in [6.45, 7) is 6.16. The first-order chi connectivity index (χ1) is 14.0. The van der Waals surface area contributed by atoms with Crippen LogP contribution in [0.5, 0.6) is 0 Å². The van der Waals surface area contributed by atoms with Gasteiger partial charge in [-0.2, -0.15) is 4.98 Å². The van der Waals surface area contributed by atoms with Crippen molar-refractivity contribution < 1.29 is 4.52 Å². The zero-order valence-corrected chi connectivity index (χ0v) is 17.6. The average molecular weight is 406 g/mol. The predicted molar refractivity (Wildman–Crippen MR) is 113 cm³/mol. The Morgan fingerprint density at radius 1 is 0.931 bits per heavy atom. The largest absolute Gasteiger partial charge is 0.339 e. The van der Waals surface area contributed by atoms with Crippen LogP contribution in [0.25, 0.3) is 5.69 Å². The summed E-state index contributed by atoms with van der Waals surface area (Å²) in [5, 5.41) is 13.8. The predicted octanol–water partition coefficient (Wildman–Crippen LogP) is 4.83. The lowest BCUT2D eigenvalue weighted by atomic mass is 9.97. The lowest BCUT2D eigenvalue weighted by molar-refractivity contribution is 0.319. The molecule has 2 heterocycles. The number of rotatable bonds is 6. The molecule has 7 heteroatoms. The van der Waals surface area contributed by atoms with E-state index in [0.717, 1.165) is 16.7 Å². The van der Waals surface area contributed by atoms with E-state index in [1.165, 1.54) is 5.56 Å². The van der Waals surface area contributed by atoms with Gasteiger partial charge in [0.25, 0.3) is 0 Å². The van der Waals surface area contributed by atoms with Gasteiger partial charge in [-0.25, -0.2) is 0 Å². The highest BCUT2D eigenvalue weighted by atomic mass is 32.2. The van der Waals surface area contributed by atoms with Gasteiger partial charge in [-0.15, -0.1) is 10.2 Å². The molecule has 0 bridgehead atoms. The van der Waals surface area contributed by atoms with Crippen molar-refractivity contribution in [2.45, 2.75) is 43.5 Å². The molecule has 0 aliphatic rings. The molecule has 29 heavy (non-hydrogen) atoms. The summed E-state index contributed by atoms with van der Waals surface area (Å²) in [6, 6.07) is 20.5. The second kappa shape index (κ2) is 8.21. The highest BCUT2D eigenvalue weighted by Gasteiger charge is 2.22. The highest BCUT2D eigenvalue weighted by Crippen LogP contribution is 2.27. The third-order valence-corrected chi connectivity index (χ3v) is 5.28. The molecule has 0 aliphatic heterocycles. The summed E-state index contributed by atoms with van der Waals surface area (Å²) in [5.74, 6) is 2.76. The van der Waals surface area contributed by atoms with Crippen LogP contribution in [0, 0.1) is 0 Å². The summed E-state index contributed by atoms with van der Waals surface area (Å²) in [5.41, 5.74) is 2.07. The number of para-hydroxylation sites is 1. The molecule has 0 aliphatic carbocycles. The number of hydrogen-bond acceptors (Lipinski definition) is 6. The van der Waals surface area contributed by atoms with Gasteiger partial charge < -0.3 is 4.52 Å². The summed E-state index contributed by atoms with van der Waals surface area (Å²) in [6.07, 6.45) is 0.708. The monoisotopic (exact) mass is 405 g/mol. The van der Waals surface area contributed by atoms with Gasteiger partial charge >= 0.3 is 0 Å². The zero-order chi connectivity index (χ0) is 20.3. The summed E-state index contributed by atoms with van der Waals surface area (Å²) < 4.78 is 7.50. The smallest absolute Gasteiger partial charge is 0.232 e. The van der Waals surface area contributed by atoms with Crippen molar-refractivity contribution in [3.05, 3.63) is 83.8 Å². The van der Waals surface area contributed by atoms with Crippen LogP contribution in [-0.4, -0.2) is 24.9 Å². The Bertz CT molecular complexity index is 1070. The van der Waals surface area contributed by atoms with Crippen LogP contribution in [0.2, 0.25) is 0 Å². The Kier molecular flexibility index (Phi) is 5.49. The molecular weight excluding hydrogens is 382 g/mol. The van der Waals surface area contributed by atoms with E-state index in [0.29, 0.717) is 23.9 Å². The summed E-state index contributed by atoms with van der Waals surface area (Å²) in [4.78, 5) is 4.52. The first-order valence-electron chi connectivity index (χ1n) is 9.50. The maximum Gasteiger partial charge on any atom is 0.232 e. The van der Waals surface area contributed by atoms with Gasteiger partial charge in [-0.1, -0.05) is 86.2 Å². The molecule has 0 saturated carbocycles. The quantitative estimate of drug-likeness (QED) is 0.428. The van der Waals surface area contributed by atoms with E-state index in [2.05, 4.69) is 69.9 Å². The van der Waals surface area contributed by atoms with E-state index in [1.807, 2.05) is 36.4 Å². The van der Waals surface area contributed by atoms with Crippen LogP contribution in [0.1, 0.15) is 43.9 Å². The van der Waals surface area contributed by atoms with Gasteiger partial charge in [0, 0.05) is 17.5 Å². The minimum Gasteiger partial charge on any atom is -0.339 e. The van der Waals surface area contributed by atoms with Gasteiger partial charge in [0.2, 0.25) is 5.89 Å². The fourth-order valence-electron chi connectivity index (χ4n) is 2.87. The molecule has 2 aromatic carbocycles. The van der Waals surface area contributed by atoms with Crippen LogP contribution < -0.4 is 0 Å². The maximum absolute atomic E-state index is 5.40. The summed E-state index contributed by atoms with van der Waals surface area (Å²) in [7, 11) is 0. The fraction of sp³-hybridized carbons (Fsp3) is 0.273. The van der Waals surface area contributed by atoms with Gasteiger partial charge in [0.05, 0.1) is 5.75 Å². The first kappa shape index (κ1) is 19.4. The van der Waals surface area contributed by atoms with Crippen molar-refractivity contribution in [1.29, 1.82) is 0 Å². The molecule has 0 saturated heterocycles. The lowest BCUT2D eigenvalue weighted by Gasteiger charge is -2.10. The molecule has 0 amide bonds. The molecule has 0 fully saturated rings. The molecular formula is C22H23N5OS. The van der Waals surface area contributed by atoms with Gasteiger partial charge in [-0.3, -0.25) is 4.57 Å². The number of thioether (sulfide) groups is 1. The maximum atomic E-state index is 5.40. The Hall–Kier alpha value is -2.93. The van der Waals surface area contributed by atoms with E-state index in [1.54, 1.807) is 11.8 Å². The normalized spacial score (nSPS) is 11.7. The Morgan fingerprint density at radius 2 is 1.62 bits per heavy atom. The standard InChI is InChI=1S/C22H23N5OS/c1-22(2,3)20-23-18(26-28-20)15-29-21-25-24-19(14-16-10-6-4-7-11-16)27(21)17-12-8-5-9-13-17/h4-13H,14-15H2,1-3H3. The Labute approximate surface area is 174 Å². The zero-order valence-electron chi connectivity index (χ0n) is 16.7. The lowest BCUT2D eigenvalue weighted by Crippen LogP contribution is -2.11. The van der Waals surface area contributed by atoms with E-state index in [4.69, 9.17) is 4.52 Å². The van der Waals surface area contributed by atoms with Crippen LogP contribution in [0.15, 0.2) is 70.3 Å². The van der Waals surface area contributed by atoms with Crippen molar-refractivity contribution in [1.82, 2.24) is 24.9 Å². The number of benzene rings is 2. The average Bonchev–Trinajstić information content (AvgIpc) is 3.35. The van der Waals surface area contributed by atoms with E-state index < -0.39 is 0 Å². The minimum atomic E-state index is -0.164. The van der Waals surface area contributed by atoms with E-state index in [9.17, 15) is 0 Å². The van der Waals surface area contributed by atoms with Crippen molar-refractivity contribution in [3.63, 3.8) is 0 Å². The van der Waals surface area contributed by atoms with Crippen LogP contribution in [0.3, 0.4) is 0 Å². The molecule has 0 unspecified atom stereocenters. The first-order valence-corrected chi connectivity index (χ1v) is 10.5. The van der Waals surface area contributed by atoms with E-state index in [-0.39, 0.29) is 5.41 Å². The molecule has 4 aromatic rings. The van der Waals surface area contributed by atoms with Crippen LogP contribution in [-0.2, 0) is 17.6 Å². The third-order valence-electron chi connectivity index (χ3n) is 4.36. The Morgan fingerprint density at radius 3 is 2.28 bits per heavy atom. The van der Waals surface area contributed by atoms with Gasteiger partial charge in [0.1, 0.15) is 5.82 Å². The number of aromatic nitrogens is 5. The molecule has 2 aromatic heterocycles. The number of nitrogens with zero attached hydrogens (tertiary/aromatic N) is 5. The van der Waals surface area contributed by atoms with Crippen molar-refractivity contribution >= 4 is 11.8 Å². The van der Waals surface area contributed by atoms with Crippen LogP contribution >= 0.6 is 11.8 Å². The van der Waals surface area contributed by atoms with Crippen LogP contribution in [0.4, 0.5) is 0 Å². The van der Waals surface area contributed by atoms with Gasteiger partial charge in [-0.05, 0) is 17.7 Å². The molecule has 4 rings (SSSR count). The van der Waals surface area contributed by atoms with Crippen molar-refractivity contribution in [2.75, 3.05) is 0 Å². The Balaban J connectivity index is 1.60. The SMILES string of the molecule is CC(C)(C)c1nc(CSc2nnc(Cc3ccccc3)n2-c2ccccc2)no1. The van der Waals surface area contributed by atoms with Crippen molar-refractivity contribution in [3.8, 4) is 5.69 Å². The molecule has 0 radical (unpaired) electrons. The van der Waals surface area contributed by atoms with Crippen molar-refractivity contribution in [2.24, 2.45) is 0 Å². The summed E-state index contributed by atoms with van der Waals surface area (Å²) >= 11 is 1.55. The molecule has 148 valence electrons. The third kappa shape index (κ3) is 4.56. The molecule has 0 N–H and O–H groups in total. The minimum absolute atomic E-state index is 0.164. The number of hydrogen-bond donors (Lipinski definition) is 0. The fourth-order valence-corrected chi connectivity index (χ4v) is 3.68. The van der Waals surface area contributed by atoms with Gasteiger partial charge in [0.15, 0.2) is 11.0 Å². The molecule has 6 nitrogen and oxygen atoms in total.